The molecule has 0 saturated heterocycles. The molecule has 7 nitrogen and oxygen atoms in total. The van der Waals surface area contributed by atoms with Crippen molar-refractivity contribution in [2.75, 3.05) is 19.0 Å². The van der Waals surface area contributed by atoms with Crippen LogP contribution in [0.15, 0.2) is 18.2 Å². The van der Waals surface area contributed by atoms with Crippen LogP contribution >= 0.6 is 0 Å². The maximum atomic E-state index is 11.8. The van der Waals surface area contributed by atoms with Gasteiger partial charge in [-0.05, 0) is 26.0 Å². The van der Waals surface area contributed by atoms with E-state index < -0.39 is 17.4 Å². The van der Waals surface area contributed by atoms with E-state index in [9.17, 15) is 9.59 Å². The molecule has 0 saturated carbocycles. The standard InChI is InChI=1S/C14H17N3O4/c1-14(2,12(18)19)8-16-13(20)17-11-9(7-15)5-4-6-10(11)21-3/h4-6H,8H2,1-3H3,(H,18,19)(H2,16,17,20). The fraction of sp³-hybridized carbons (Fsp3) is 0.357. The number of rotatable bonds is 5. The van der Waals surface area contributed by atoms with Gasteiger partial charge in [-0.2, -0.15) is 5.26 Å². The number of carboxylic acid groups (broad SMARTS) is 1. The van der Waals surface area contributed by atoms with Gasteiger partial charge in [-0.1, -0.05) is 6.07 Å². The summed E-state index contributed by atoms with van der Waals surface area (Å²) in [6, 6.07) is 6.13. The van der Waals surface area contributed by atoms with E-state index in [0.29, 0.717) is 5.75 Å². The minimum absolute atomic E-state index is 0.0504. The summed E-state index contributed by atoms with van der Waals surface area (Å²) in [5.74, 6) is -0.667. The minimum atomic E-state index is -1.09. The quantitative estimate of drug-likeness (QED) is 0.766. The lowest BCUT2D eigenvalue weighted by Crippen LogP contribution is -2.40. The lowest BCUT2D eigenvalue weighted by molar-refractivity contribution is -0.146. The predicted molar refractivity (Wildman–Crippen MR) is 76.1 cm³/mol. The zero-order valence-electron chi connectivity index (χ0n) is 12.1. The Bertz CT molecular complexity index is 590. The molecule has 0 bridgehead atoms. The molecule has 0 fully saturated rings. The molecular weight excluding hydrogens is 274 g/mol. The highest BCUT2D eigenvalue weighted by atomic mass is 16.5. The van der Waals surface area contributed by atoms with Gasteiger partial charge in [-0.15, -0.1) is 0 Å². The molecule has 0 aliphatic rings. The maximum Gasteiger partial charge on any atom is 0.319 e. The average molecular weight is 291 g/mol. The molecule has 0 atom stereocenters. The second-order valence-corrected chi connectivity index (χ2v) is 4.99. The molecule has 1 aromatic carbocycles. The van der Waals surface area contributed by atoms with Gasteiger partial charge >= 0.3 is 12.0 Å². The third-order valence-electron chi connectivity index (χ3n) is 2.87. The Morgan fingerprint density at radius 3 is 2.62 bits per heavy atom. The maximum absolute atomic E-state index is 11.8. The van der Waals surface area contributed by atoms with Crippen molar-refractivity contribution >= 4 is 17.7 Å². The molecule has 112 valence electrons. The van der Waals surface area contributed by atoms with Crippen LogP contribution in [0, 0.1) is 16.7 Å². The lowest BCUT2D eigenvalue weighted by atomic mass is 9.94. The van der Waals surface area contributed by atoms with Gasteiger partial charge in [-0.3, -0.25) is 4.79 Å². The molecule has 0 unspecified atom stereocenters. The van der Waals surface area contributed by atoms with E-state index in [4.69, 9.17) is 15.1 Å². The highest BCUT2D eigenvalue weighted by molar-refractivity contribution is 5.93. The highest BCUT2D eigenvalue weighted by Gasteiger charge is 2.27. The molecular formula is C14H17N3O4. The van der Waals surface area contributed by atoms with Crippen LogP contribution < -0.4 is 15.4 Å². The Morgan fingerprint density at radius 2 is 2.10 bits per heavy atom. The Morgan fingerprint density at radius 1 is 1.43 bits per heavy atom. The van der Waals surface area contributed by atoms with Crippen molar-refractivity contribution in [1.82, 2.24) is 5.32 Å². The number of urea groups is 1. The SMILES string of the molecule is COc1cccc(C#N)c1NC(=O)NCC(C)(C)C(=O)O. The van der Waals surface area contributed by atoms with E-state index >= 15 is 0 Å². The Labute approximate surface area is 122 Å². The first-order valence-electron chi connectivity index (χ1n) is 6.17. The van der Waals surface area contributed by atoms with Gasteiger partial charge in [-0.25, -0.2) is 4.79 Å². The zero-order valence-corrected chi connectivity index (χ0v) is 12.1. The van der Waals surface area contributed by atoms with Gasteiger partial charge < -0.3 is 20.5 Å². The number of carboxylic acids is 1. The minimum Gasteiger partial charge on any atom is -0.495 e. The summed E-state index contributed by atoms with van der Waals surface area (Å²) in [6.45, 7) is 2.95. The summed E-state index contributed by atoms with van der Waals surface area (Å²) in [5, 5.41) is 23.0. The number of hydrogen-bond acceptors (Lipinski definition) is 4. The van der Waals surface area contributed by atoms with Crippen molar-refractivity contribution in [3.05, 3.63) is 23.8 Å². The molecule has 1 aromatic rings. The molecule has 0 aliphatic carbocycles. The number of anilines is 1. The summed E-state index contributed by atoms with van der Waals surface area (Å²) < 4.78 is 5.08. The highest BCUT2D eigenvalue weighted by Crippen LogP contribution is 2.27. The molecule has 21 heavy (non-hydrogen) atoms. The second-order valence-electron chi connectivity index (χ2n) is 4.99. The van der Waals surface area contributed by atoms with E-state index in [0.717, 1.165) is 0 Å². The number of methoxy groups -OCH3 is 1. The molecule has 0 aromatic heterocycles. The van der Waals surface area contributed by atoms with Crippen LogP contribution in [0.4, 0.5) is 10.5 Å². The Hall–Kier alpha value is -2.75. The number of benzene rings is 1. The van der Waals surface area contributed by atoms with Crippen LogP contribution in [0.1, 0.15) is 19.4 Å². The van der Waals surface area contributed by atoms with Gasteiger partial charge in [0.1, 0.15) is 17.5 Å². The number of nitrogens with one attached hydrogen (secondary N) is 2. The summed E-state index contributed by atoms with van der Waals surface area (Å²) in [7, 11) is 1.42. The van der Waals surface area contributed by atoms with Gasteiger partial charge in [0.05, 0.1) is 18.1 Å². The van der Waals surface area contributed by atoms with Crippen LogP contribution in [-0.4, -0.2) is 30.8 Å². The third-order valence-corrected chi connectivity index (χ3v) is 2.87. The number of hydrogen-bond donors (Lipinski definition) is 3. The number of nitriles is 1. The molecule has 0 aliphatic heterocycles. The van der Waals surface area contributed by atoms with E-state index in [1.54, 1.807) is 18.2 Å². The molecule has 3 N–H and O–H groups in total. The topological polar surface area (TPSA) is 111 Å². The predicted octanol–water partition coefficient (Wildman–Crippen LogP) is 1.80. The van der Waals surface area contributed by atoms with Gasteiger partial charge in [0.25, 0.3) is 0 Å². The van der Waals surface area contributed by atoms with Crippen LogP contribution in [-0.2, 0) is 4.79 Å². The third kappa shape index (κ3) is 4.11. The van der Waals surface area contributed by atoms with E-state index in [2.05, 4.69) is 10.6 Å². The van der Waals surface area contributed by atoms with E-state index in [1.807, 2.05) is 6.07 Å². The van der Waals surface area contributed by atoms with Crippen molar-refractivity contribution in [2.24, 2.45) is 5.41 Å². The smallest absolute Gasteiger partial charge is 0.319 e. The molecule has 1 rings (SSSR count). The van der Waals surface area contributed by atoms with Crippen molar-refractivity contribution in [2.45, 2.75) is 13.8 Å². The normalized spacial score (nSPS) is 10.4. The first-order valence-corrected chi connectivity index (χ1v) is 6.17. The summed E-state index contributed by atoms with van der Waals surface area (Å²) in [5.41, 5.74) is -0.592. The van der Waals surface area contributed by atoms with Crippen molar-refractivity contribution in [3.63, 3.8) is 0 Å². The first-order chi connectivity index (χ1) is 9.81. The number of ether oxygens (including phenoxy) is 1. The van der Waals surface area contributed by atoms with Crippen LogP contribution in [0.25, 0.3) is 0 Å². The van der Waals surface area contributed by atoms with Crippen LogP contribution in [0.3, 0.4) is 0 Å². The van der Waals surface area contributed by atoms with Crippen LogP contribution in [0.2, 0.25) is 0 Å². The molecule has 0 heterocycles. The van der Waals surface area contributed by atoms with Crippen molar-refractivity contribution in [3.8, 4) is 11.8 Å². The average Bonchev–Trinajstić information content (AvgIpc) is 2.45. The first kappa shape index (κ1) is 16.3. The number of amides is 2. The monoisotopic (exact) mass is 291 g/mol. The lowest BCUT2D eigenvalue weighted by Gasteiger charge is -2.20. The van der Waals surface area contributed by atoms with E-state index in [-0.39, 0.29) is 17.8 Å². The number of para-hydroxylation sites is 1. The summed E-state index contributed by atoms with van der Waals surface area (Å²) in [6.07, 6.45) is 0. The van der Waals surface area contributed by atoms with Gasteiger partial charge in [0, 0.05) is 6.54 Å². The summed E-state index contributed by atoms with van der Waals surface area (Å²) >= 11 is 0. The van der Waals surface area contributed by atoms with Crippen molar-refractivity contribution in [1.29, 1.82) is 5.26 Å². The molecule has 7 heteroatoms. The van der Waals surface area contributed by atoms with Gasteiger partial charge in [0.2, 0.25) is 0 Å². The number of carbonyl (C=O) groups excluding carboxylic acids is 1. The Kier molecular flexibility index (Phi) is 5.13. The van der Waals surface area contributed by atoms with E-state index in [1.165, 1.54) is 21.0 Å². The molecule has 2 amide bonds. The fourth-order valence-corrected chi connectivity index (χ4v) is 1.46. The molecule has 0 radical (unpaired) electrons. The Balaban J connectivity index is 2.81. The number of aliphatic carboxylic acids is 1. The van der Waals surface area contributed by atoms with Crippen molar-refractivity contribution < 1.29 is 19.4 Å². The second kappa shape index (κ2) is 6.61. The fourth-order valence-electron chi connectivity index (χ4n) is 1.46. The zero-order chi connectivity index (χ0) is 16.0. The summed E-state index contributed by atoms with van der Waals surface area (Å²) in [4.78, 5) is 22.8. The van der Waals surface area contributed by atoms with Gasteiger partial charge in [0.15, 0.2) is 0 Å². The number of carbonyl (C=O) groups is 2. The molecule has 0 spiro atoms. The number of nitrogens with zero attached hydrogens (tertiary/aromatic N) is 1. The largest absolute Gasteiger partial charge is 0.495 e. The van der Waals surface area contributed by atoms with Crippen LogP contribution in [0.5, 0.6) is 5.75 Å².